The number of morpholine rings is 1. The Bertz CT molecular complexity index is 906. The van der Waals surface area contributed by atoms with Crippen LogP contribution < -0.4 is 15.0 Å². The van der Waals surface area contributed by atoms with Crippen molar-refractivity contribution in [1.82, 2.24) is 10.2 Å². The maximum absolute atomic E-state index is 12.4. The summed E-state index contributed by atoms with van der Waals surface area (Å²) in [6, 6.07) is 10.5. The number of nitrogens with one attached hydrogen (secondary N) is 1. The third-order valence-corrected chi connectivity index (χ3v) is 5.39. The average Bonchev–Trinajstić information content (AvgIpc) is 3.46. The Labute approximate surface area is 179 Å². The summed E-state index contributed by atoms with van der Waals surface area (Å²) in [7, 11) is 0. The average molecular weight is 427 g/mol. The van der Waals surface area contributed by atoms with Crippen molar-refractivity contribution in [2.24, 2.45) is 5.92 Å². The highest BCUT2D eigenvalue weighted by atomic mass is 16.5. The van der Waals surface area contributed by atoms with E-state index in [0.717, 1.165) is 0 Å². The number of benzene rings is 1. The van der Waals surface area contributed by atoms with Crippen molar-refractivity contribution >= 4 is 23.4 Å². The molecule has 1 N–H and O–H groups in total. The molecular formula is C22H25N3O6. The van der Waals surface area contributed by atoms with Crippen molar-refractivity contribution in [3.05, 3.63) is 48.4 Å². The van der Waals surface area contributed by atoms with Crippen LogP contribution in [0, 0.1) is 5.92 Å². The van der Waals surface area contributed by atoms with Crippen LogP contribution in [0.3, 0.4) is 0 Å². The van der Waals surface area contributed by atoms with E-state index in [0.29, 0.717) is 56.6 Å². The summed E-state index contributed by atoms with van der Waals surface area (Å²) in [6.07, 6.45) is 1.71. The van der Waals surface area contributed by atoms with E-state index in [1.165, 1.54) is 0 Å². The molecule has 164 valence electrons. The van der Waals surface area contributed by atoms with Crippen LogP contribution >= 0.6 is 0 Å². The van der Waals surface area contributed by atoms with Crippen LogP contribution in [0.2, 0.25) is 0 Å². The van der Waals surface area contributed by atoms with E-state index in [-0.39, 0.29) is 30.7 Å². The second kappa shape index (κ2) is 9.65. The van der Waals surface area contributed by atoms with E-state index in [9.17, 15) is 14.4 Å². The lowest BCUT2D eigenvalue weighted by Gasteiger charge is -2.26. The summed E-state index contributed by atoms with van der Waals surface area (Å²) >= 11 is 0. The molecule has 4 rings (SSSR count). The first-order valence-electron chi connectivity index (χ1n) is 10.3. The Kier molecular flexibility index (Phi) is 6.51. The Balaban J connectivity index is 1.27. The molecule has 0 bridgehead atoms. The van der Waals surface area contributed by atoms with E-state index in [4.69, 9.17) is 13.9 Å². The number of nitrogens with zero attached hydrogens (tertiary/aromatic N) is 2. The Hall–Kier alpha value is -3.33. The molecule has 0 spiro atoms. The molecule has 2 fully saturated rings. The topological polar surface area (TPSA) is 101 Å². The highest BCUT2D eigenvalue weighted by molar-refractivity contribution is 6.00. The molecule has 3 amide bonds. The van der Waals surface area contributed by atoms with E-state index < -0.39 is 5.92 Å². The number of amides is 3. The van der Waals surface area contributed by atoms with Crippen molar-refractivity contribution in [1.29, 1.82) is 0 Å². The first kappa shape index (κ1) is 20.9. The minimum absolute atomic E-state index is 0.0418. The summed E-state index contributed by atoms with van der Waals surface area (Å²) in [6.45, 7) is 2.82. The van der Waals surface area contributed by atoms with Gasteiger partial charge in [0.1, 0.15) is 11.5 Å². The Morgan fingerprint density at radius 1 is 1.13 bits per heavy atom. The van der Waals surface area contributed by atoms with Gasteiger partial charge in [-0.25, -0.2) is 0 Å². The molecule has 1 unspecified atom stereocenters. The first-order valence-corrected chi connectivity index (χ1v) is 10.3. The fourth-order valence-electron chi connectivity index (χ4n) is 3.64. The van der Waals surface area contributed by atoms with Gasteiger partial charge >= 0.3 is 0 Å². The summed E-state index contributed by atoms with van der Waals surface area (Å²) in [5.41, 5.74) is 0.693. The number of furan rings is 1. The molecule has 2 aromatic rings. The summed E-state index contributed by atoms with van der Waals surface area (Å²) in [5.74, 6) is 0.445. The predicted molar refractivity (Wildman–Crippen MR) is 110 cm³/mol. The third kappa shape index (κ3) is 5.24. The van der Waals surface area contributed by atoms with Gasteiger partial charge < -0.3 is 29.0 Å². The van der Waals surface area contributed by atoms with Gasteiger partial charge in [-0.2, -0.15) is 0 Å². The molecule has 31 heavy (non-hydrogen) atoms. The molecule has 0 radical (unpaired) electrons. The molecule has 2 saturated heterocycles. The molecule has 3 heterocycles. The van der Waals surface area contributed by atoms with Gasteiger partial charge in [0.15, 0.2) is 6.61 Å². The van der Waals surface area contributed by atoms with Crippen LogP contribution in [0.4, 0.5) is 5.69 Å². The largest absolute Gasteiger partial charge is 0.484 e. The number of carbonyl (C=O) groups is 3. The zero-order valence-corrected chi connectivity index (χ0v) is 17.1. The van der Waals surface area contributed by atoms with E-state index >= 15 is 0 Å². The number of carbonyl (C=O) groups excluding carboxylic acids is 3. The summed E-state index contributed by atoms with van der Waals surface area (Å²) in [4.78, 5) is 40.3. The van der Waals surface area contributed by atoms with Crippen LogP contribution in [0.25, 0.3) is 0 Å². The maximum Gasteiger partial charge on any atom is 0.260 e. The minimum atomic E-state index is -0.412. The zero-order chi connectivity index (χ0) is 21.6. The highest BCUT2D eigenvalue weighted by Gasteiger charge is 2.35. The lowest BCUT2D eigenvalue weighted by atomic mass is 10.1. The normalized spacial score (nSPS) is 18.8. The van der Waals surface area contributed by atoms with Gasteiger partial charge in [-0.15, -0.1) is 0 Å². The molecular weight excluding hydrogens is 402 g/mol. The smallest absolute Gasteiger partial charge is 0.260 e. The van der Waals surface area contributed by atoms with Gasteiger partial charge in [-0.05, 0) is 36.4 Å². The Morgan fingerprint density at radius 2 is 1.90 bits per heavy atom. The number of hydrogen-bond donors (Lipinski definition) is 1. The van der Waals surface area contributed by atoms with Gasteiger partial charge in [-0.3, -0.25) is 14.4 Å². The van der Waals surface area contributed by atoms with Crippen molar-refractivity contribution in [2.75, 3.05) is 44.4 Å². The standard InChI is InChI=1S/C22H25N3O6/c26-20-12-16(22(28)23-13-19-2-1-9-30-19)14-25(20)17-3-5-18(6-4-17)31-15-21(27)24-7-10-29-11-8-24/h1-6,9,16H,7-8,10-15H2,(H,23,28). The summed E-state index contributed by atoms with van der Waals surface area (Å²) in [5, 5.41) is 2.81. The molecule has 1 atom stereocenters. The third-order valence-electron chi connectivity index (χ3n) is 5.39. The quantitative estimate of drug-likeness (QED) is 0.712. The maximum atomic E-state index is 12.4. The molecule has 2 aliphatic heterocycles. The van der Waals surface area contributed by atoms with Crippen molar-refractivity contribution < 1.29 is 28.3 Å². The van der Waals surface area contributed by atoms with Crippen molar-refractivity contribution in [3.63, 3.8) is 0 Å². The zero-order valence-electron chi connectivity index (χ0n) is 17.1. The molecule has 0 aliphatic carbocycles. The Morgan fingerprint density at radius 3 is 2.61 bits per heavy atom. The van der Waals surface area contributed by atoms with Crippen LogP contribution in [0.5, 0.6) is 5.75 Å². The summed E-state index contributed by atoms with van der Waals surface area (Å²) < 4.78 is 16.0. The first-order chi connectivity index (χ1) is 15.1. The minimum Gasteiger partial charge on any atom is -0.484 e. The van der Waals surface area contributed by atoms with Crippen LogP contribution in [-0.2, 0) is 25.7 Å². The van der Waals surface area contributed by atoms with Gasteiger partial charge in [0.2, 0.25) is 11.8 Å². The van der Waals surface area contributed by atoms with Gasteiger partial charge in [0.05, 0.1) is 31.9 Å². The van der Waals surface area contributed by atoms with E-state index in [2.05, 4.69) is 5.32 Å². The van der Waals surface area contributed by atoms with Crippen molar-refractivity contribution in [2.45, 2.75) is 13.0 Å². The van der Waals surface area contributed by atoms with Crippen LogP contribution in [-0.4, -0.2) is 62.1 Å². The molecule has 9 heteroatoms. The molecule has 2 aliphatic rings. The monoisotopic (exact) mass is 427 g/mol. The fraction of sp³-hybridized carbons (Fsp3) is 0.409. The SMILES string of the molecule is O=C(NCc1ccco1)C1CC(=O)N(c2ccc(OCC(=O)N3CCOCC3)cc2)C1. The van der Waals surface area contributed by atoms with Crippen LogP contribution in [0.1, 0.15) is 12.2 Å². The number of anilines is 1. The second-order valence-electron chi connectivity index (χ2n) is 7.48. The van der Waals surface area contributed by atoms with Crippen LogP contribution in [0.15, 0.2) is 47.1 Å². The van der Waals surface area contributed by atoms with Gasteiger partial charge in [0, 0.05) is 31.7 Å². The number of rotatable bonds is 7. The fourth-order valence-corrected chi connectivity index (χ4v) is 3.64. The van der Waals surface area contributed by atoms with Gasteiger partial charge in [0.25, 0.3) is 5.91 Å². The van der Waals surface area contributed by atoms with E-state index in [1.54, 1.807) is 52.5 Å². The van der Waals surface area contributed by atoms with E-state index in [1.807, 2.05) is 0 Å². The van der Waals surface area contributed by atoms with Crippen molar-refractivity contribution in [3.8, 4) is 5.75 Å². The second-order valence-corrected chi connectivity index (χ2v) is 7.48. The predicted octanol–water partition coefficient (Wildman–Crippen LogP) is 1.19. The molecule has 9 nitrogen and oxygen atoms in total. The molecule has 1 aromatic carbocycles. The molecule has 1 aromatic heterocycles. The highest BCUT2D eigenvalue weighted by Crippen LogP contribution is 2.27. The lowest BCUT2D eigenvalue weighted by molar-refractivity contribution is -0.137. The number of ether oxygens (including phenoxy) is 2. The number of hydrogen-bond acceptors (Lipinski definition) is 6. The van der Waals surface area contributed by atoms with Gasteiger partial charge in [-0.1, -0.05) is 0 Å². The lowest BCUT2D eigenvalue weighted by Crippen LogP contribution is -2.42. The molecule has 0 saturated carbocycles.